The molecule has 2 N–H and O–H groups in total. The van der Waals surface area contributed by atoms with Gasteiger partial charge < -0.3 is 10.1 Å². The van der Waals surface area contributed by atoms with E-state index in [1.54, 1.807) is 6.07 Å². The van der Waals surface area contributed by atoms with Crippen LogP contribution in [0, 0.1) is 6.92 Å². The Morgan fingerprint density at radius 1 is 1.22 bits per heavy atom. The van der Waals surface area contributed by atoms with Crippen LogP contribution >= 0.6 is 0 Å². The van der Waals surface area contributed by atoms with Gasteiger partial charge in [-0.2, -0.15) is 0 Å². The maximum atomic E-state index is 12.6. The fraction of sp³-hybridized carbons (Fsp3) is 0.562. The van der Waals surface area contributed by atoms with Crippen molar-refractivity contribution in [2.45, 2.75) is 44.9 Å². The molecule has 0 saturated heterocycles. The number of methoxy groups -OCH3 is 1. The summed E-state index contributed by atoms with van der Waals surface area (Å²) in [5.41, 5.74) is 1.43. The largest absolute Gasteiger partial charge is 0.495 e. The summed E-state index contributed by atoms with van der Waals surface area (Å²) < 4.78 is 33.1. The second-order valence-electron chi connectivity index (χ2n) is 6.47. The monoisotopic (exact) mass is 342 g/mol. The van der Waals surface area contributed by atoms with Crippen LogP contribution in [0.1, 0.15) is 38.8 Å². The van der Waals surface area contributed by atoms with Gasteiger partial charge in [-0.1, -0.05) is 26.8 Å². The van der Waals surface area contributed by atoms with Crippen LogP contribution < -0.4 is 14.8 Å². The minimum absolute atomic E-state index is 0.115. The summed E-state index contributed by atoms with van der Waals surface area (Å²) in [6, 6.07) is 3.53. The highest BCUT2D eigenvalue weighted by atomic mass is 32.2. The SMILES string of the molecule is COc1c(C(C)(C)C)cc(C)cc1S(=O)(=O)NCCNC(C)=O. The Morgan fingerprint density at radius 3 is 2.30 bits per heavy atom. The third-order valence-electron chi connectivity index (χ3n) is 3.29. The topological polar surface area (TPSA) is 84.5 Å². The Hall–Kier alpha value is -1.60. The molecule has 0 aliphatic rings. The lowest BCUT2D eigenvalue weighted by molar-refractivity contribution is -0.118. The van der Waals surface area contributed by atoms with Gasteiger partial charge in [-0.25, -0.2) is 13.1 Å². The Bertz CT molecular complexity index is 676. The lowest BCUT2D eigenvalue weighted by atomic mass is 9.85. The van der Waals surface area contributed by atoms with Gasteiger partial charge in [-0.05, 0) is 24.0 Å². The van der Waals surface area contributed by atoms with Crippen LogP contribution in [0.15, 0.2) is 17.0 Å². The summed E-state index contributed by atoms with van der Waals surface area (Å²) in [5, 5.41) is 2.55. The summed E-state index contributed by atoms with van der Waals surface area (Å²) in [6.45, 7) is 9.60. The molecule has 1 rings (SSSR count). The number of aryl methyl sites for hydroxylation is 1. The van der Waals surface area contributed by atoms with E-state index < -0.39 is 10.0 Å². The molecule has 0 unspecified atom stereocenters. The highest BCUT2D eigenvalue weighted by Gasteiger charge is 2.27. The van der Waals surface area contributed by atoms with Crippen LogP contribution in [0.3, 0.4) is 0 Å². The summed E-state index contributed by atoms with van der Waals surface area (Å²) in [4.78, 5) is 10.9. The smallest absolute Gasteiger partial charge is 0.244 e. The van der Waals surface area contributed by atoms with E-state index in [9.17, 15) is 13.2 Å². The summed E-state index contributed by atoms with van der Waals surface area (Å²) in [6.07, 6.45) is 0. The first-order valence-corrected chi connectivity index (χ1v) is 8.90. The zero-order valence-corrected chi connectivity index (χ0v) is 15.4. The predicted molar refractivity (Wildman–Crippen MR) is 90.3 cm³/mol. The minimum Gasteiger partial charge on any atom is -0.495 e. The van der Waals surface area contributed by atoms with E-state index in [1.165, 1.54) is 14.0 Å². The maximum Gasteiger partial charge on any atom is 0.244 e. The molecule has 0 fully saturated rings. The zero-order valence-electron chi connectivity index (χ0n) is 14.6. The molecular weight excluding hydrogens is 316 g/mol. The number of carbonyl (C=O) groups is 1. The zero-order chi connectivity index (χ0) is 17.8. The number of benzene rings is 1. The third-order valence-corrected chi connectivity index (χ3v) is 4.76. The molecule has 6 nitrogen and oxygen atoms in total. The van der Waals surface area contributed by atoms with Crippen molar-refractivity contribution in [3.8, 4) is 5.75 Å². The molecule has 0 saturated carbocycles. The molecule has 0 atom stereocenters. The fourth-order valence-electron chi connectivity index (χ4n) is 2.21. The van der Waals surface area contributed by atoms with Gasteiger partial charge in [0, 0.05) is 25.6 Å². The van der Waals surface area contributed by atoms with Crippen LogP contribution in [0.5, 0.6) is 5.75 Å². The van der Waals surface area contributed by atoms with Crippen molar-refractivity contribution in [1.82, 2.24) is 10.0 Å². The average Bonchev–Trinajstić information content (AvgIpc) is 2.41. The Balaban J connectivity index is 3.20. The van der Waals surface area contributed by atoms with Gasteiger partial charge in [-0.3, -0.25) is 4.79 Å². The first-order chi connectivity index (χ1) is 10.5. The molecule has 1 aromatic rings. The molecule has 0 aromatic heterocycles. The standard InChI is InChI=1S/C16H26N2O4S/c1-11-9-13(16(3,4)5)15(22-6)14(10-11)23(20,21)18-8-7-17-12(2)19/h9-10,18H,7-8H2,1-6H3,(H,17,19). The highest BCUT2D eigenvalue weighted by molar-refractivity contribution is 7.89. The molecule has 0 aliphatic carbocycles. The van der Waals surface area contributed by atoms with Crippen molar-refractivity contribution in [3.05, 3.63) is 23.3 Å². The van der Waals surface area contributed by atoms with Crippen molar-refractivity contribution in [2.75, 3.05) is 20.2 Å². The molecular formula is C16H26N2O4S. The molecule has 0 heterocycles. The van der Waals surface area contributed by atoms with Gasteiger partial charge in [0.05, 0.1) is 7.11 Å². The molecule has 7 heteroatoms. The lowest BCUT2D eigenvalue weighted by Gasteiger charge is -2.24. The lowest BCUT2D eigenvalue weighted by Crippen LogP contribution is -2.34. The number of nitrogens with one attached hydrogen (secondary N) is 2. The average molecular weight is 342 g/mol. The maximum absolute atomic E-state index is 12.6. The van der Waals surface area contributed by atoms with Crippen LogP contribution in [0.4, 0.5) is 0 Å². The summed E-state index contributed by atoms with van der Waals surface area (Å²) in [7, 11) is -2.26. The number of sulfonamides is 1. The molecule has 0 radical (unpaired) electrons. The molecule has 23 heavy (non-hydrogen) atoms. The van der Waals surface area contributed by atoms with Crippen LogP contribution in [0.2, 0.25) is 0 Å². The third kappa shape index (κ3) is 5.21. The van der Waals surface area contributed by atoms with Gasteiger partial charge >= 0.3 is 0 Å². The Labute approximate surface area is 138 Å². The molecule has 0 bridgehead atoms. The number of ether oxygens (including phenoxy) is 1. The number of amides is 1. The number of hydrogen-bond acceptors (Lipinski definition) is 4. The molecule has 130 valence electrons. The van der Waals surface area contributed by atoms with E-state index >= 15 is 0 Å². The van der Waals surface area contributed by atoms with Crippen molar-refractivity contribution < 1.29 is 17.9 Å². The molecule has 0 aliphatic heterocycles. The van der Waals surface area contributed by atoms with Gasteiger partial charge in [0.1, 0.15) is 10.6 Å². The second kappa shape index (κ2) is 7.31. The van der Waals surface area contributed by atoms with E-state index in [2.05, 4.69) is 10.0 Å². The van der Waals surface area contributed by atoms with Crippen molar-refractivity contribution >= 4 is 15.9 Å². The minimum atomic E-state index is -3.73. The van der Waals surface area contributed by atoms with E-state index in [-0.39, 0.29) is 29.3 Å². The van der Waals surface area contributed by atoms with Crippen molar-refractivity contribution in [2.24, 2.45) is 0 Å². The first kappa shape index (κ1) is 19.4. The molecule has 1 amide bonds. The summed E-state index contributed by atoms with van der Waals surface area (Å²) >= 11 is 0. The van der Waals surface area contributed by atoms with Gasteiger partial charge in [0.15, 0.2) is 0 Å². The first-order valence-electron chi connectivity index (χ1n) is 7.42. The van der Waals surface area contributed by atoms with E-state index in [1.807, 2.05) is 33.8 Å². The second-order valence-corrected chi connectivity index (χ2v) is 8.21. The number of rotatable bonds is 6. The predicted octanol–water partition coefficient (Wildman–Crippen LogP) is 1.72. The van der Waals surface area contributed by atoms with Gasteiger partial charge in [0.25, 0.3) is 0 Å². The molecule has 0 spiro atoms. The highest BCUT2D eigenvalue weighted by Crippen LogP contribution is 2.37. The van der Waals surface area contributed by atoms with Crippen LogP contribution in [-0.4, -0.2) is 34.5 Å². The van der Waals surface area contributed by atoms with Crippen molar-refractivity contribution in [3.63, 3.8) is 0 Å². The van der Waals surface area contributed by atoms with E-state index in [4.69, 9.17) is 4.74 Å². The normalized spacial score (nSPS) is 12.1. The Morgan fingerprint density at radius 2 is 1.83 bits per heavy atom. The quantitative estimate of drug-likeness (QED) is 0.771. The van der Waals surface area contributed by atoms with E-state index in [0.29, 0.717) is 5.75 Å². The van der Waals surface area contributed by atoms with Crippen LogP contribution in [0.25, 0.3) is 0 Å². The van der Waals surface area contributed by atoms with E-state index in [0.717, 1.165) is 11.1 Å². The Kier molecular flexibility index (Phi) is 6.18. The number of carbonyl (C=O) groups excluding carboxylic acids is 1. The summed E-state index contributed by atoms with van der Waals surface area (Å²) in [5.74, 6) is 0.155. The van der Waals surface area contributed by atoms with Gasteiger partial charge in [0.2, 0.25) is 15.9 Å². The van der Waals surface area contributed by atoms with Crippen molar-refractivity contribution in [1.29, 1.82) is 0 Å². The fourth-order valence-corrected chi connectivity index (χ4v) is 3.51. The number of hydrogen-bond donors (Lipinski definition) is 2. The van der Waals surface area contributed by atoms with Gasteiger partial charge in [-0.15, -0.1) is 0 Å². The molecule has 1 aromatic carbocycles. The van der Waals surface area contributed by atoms with Crippen LogP contribution in [-0.2, 0) is 20.2 Å².